The maximum absolute atomic E-state index is 10.9. The Bertz CT molecular complexity index is 795. The minimum absolute atomic E-state index is 0.173. The molecule has 0 saturated carbocycles. The zero-order chi connectivity index (χ0) is 15.4. The van der Waals surface area contributed by atoms with Crippen LogP contribution in [0.5, 0.6) is 0 Å². The summed E-state index contributed by atoms with van der Waals surface area (Å²) in [6.45, 7) is 0.721. The minimum Gasteiger partial charge on any atom is -0.388 e. The lowest BCUT2D eigenvalue weighted by Crippen LogP contribution is -2.07. The van der Waals surface area contributed by atoms with Gasteiger partial charge in [0.25, 0.3) is 5.89 Å². The lowest BCUT2D eigenvalue weighted by atomic mass is 10.1. The van der Waals surface area contributed by atoms with Crippen molar-refractivity contribution in [1.29, 1.82) is 0 Å². The van der Waals surface area contributed by atoms with Gasteiger partial charge >= 0.3 is 5.76 Å². The fourth-order valence-electron chi connectivity index (χ4n) is 1.85. The van der Waals surface area contributed by atoms with E-state index in [1.165, 1.54) is 5.56 Å². The van der Waals surface area contributed by atoms with Crippen LogP contribution in [-0.4, -0.2) is 26.7 Å². The Morgan fingerprint density at radius 1 is 1.18 bits per heavy atom. The van der Waals surface area contributed by atoms with Crippen molar-refractivity contribution in [1.82, 2.24) is 20.2 Å². The van der Waals surface area contributed by atoms with Crippen LogP contribution in [0, 0.1) is 0 Å². The van der Waals surface area contributed by atoms with E-state index in [9.17, 15) is 4.79 Å². The number of aromatic amines is 1. The standard InChI is InChI=1S/C14H12BrN5O2/c15-11-3-1-9(2-4-11)5-6-16-13-17-7-10(8-18-13)12-19-20-14(21)22-12/h1-4,7-8H,5-6H2,(H,20,21)(H,16,17,18). The van der Waals surface area contributed by atoms with Crippen LogP contribution in [0.3, 0.4) is 0 Å². The number of anilines is 1. The molecular weight excluding hydrogens is 350 g/mol. The molecule has 2 heterocycles. The van der Waals surface area contributed by atoms with Gasteiger partial charge in [-0.3, -0.25) is 0 Å². The fourth-order valence-corrected chi connectivity index (χ4v) is 2.12. The lowest BCUT2D eigenvalue weighted by molar-refractivity contribution is 0.526. The Hall–Kier alpha value is -2.48. The predicted octanol–water partition coefficient (Wildman–Crippen LogP) is 2.24. The summed E-state index contributed by atoms with van der Waals surface area (Å²) >= 11 is 3.41. The minimum atomic E-state index is -0.605. The maximum atomic E-state index is 10.9. The van der Waals surface area contributed by atoms with Gasteiger partial charge in [0, 0.05) is 23.4 Å². The molecule has 0 radical (unpaired) electrons. The van der Waals surface area contributed by atoms with Gasteiger partial charge in [0.15, 0.2) is 0 Å². The van der Waals surface area contributed by atoms with Crippen LogP contribution >= 0.6 is 15.9 Å². The number of benzene rings is 1. The monoisotopic (exact) mass is 361 g/mol. The second-order valence-corrected chi connectivity index (χ2v) is 5.43. The first-order valence-corrected chi connectivity index (χ1v) is 7.36. The smallest absolute Gasteiger partial charge is 0.388 e. The van der Waals surface area contributed by atoms with Crippen molar-refractivity contribution < 1.29 is 4.42 Å². The number of aromatic nitrogens is 4. The van der Waals surface area contributed by atoms with Gasteiger partial charge in [-0.1, -0.05) is 28.1 Å². The molecule has 0 atom stereocenters. The van der Waals surface area contributed by atoms with E-state index in [0.29, 0.717) is 11.5 Å². The Balaban J connectivity index is 1.57. The molecule has 0 aliphatic carbocycles. The number of nitrogens with zero attached hydrogens (tertiary/aromatic N) is 3. The number of halogens is 1. The highest BCUT2D eigenvalue weighted by Gasteiger charge is 2.06. The Morgan fingerprint density at radius 3 is 2.55 bits per heavy atom. The Labute approximate surface area is 133 Å². The second kappa shape index (κ2) is 6.52. The quantitative estimate of drug-likeness (QED) is 0.723. The van der Waals surface area contributed by atoms with Crippen molar-refractivity contribution in [3.63, 3.8) is 0 Å². The third-order valence-electron chi connectivity index (χ3n) is 2.95. The van der Waals surface area contributed by atoms with Crippen LogP contribution < -0.4 is 11.1 Å². The zero-order valence-corrected chi connectivity index (χ0v) is 13.0. The molecule has 0 bridgehead atoms. The maximum Gasteiger partial charge on any atom is 0.434 e. The van der Waals surface area contributed by atoms with Crippen LogP contribution in [0.15, 0.2) is 50.3 Å². The predicted molar refractivity (Wildman–Crippen MR) is 84.5 cm³/mol. The third-order valence-corrected chi connectivity index (χ3v) is 3.48. The molecule has 2 N–H and O–H groups in total. The highest BCUT2D eigenvalue weighted by molar-refractivity contribution is 9.10. The summed E-state index contributed by atoms with van der Waals surface area (Å²) in [5, 5.41) is 9.04. The molecule has 0 spiro atoms. The molecule has 7 nitrogen and oxygen atoms in total. The van der Waals surface area contributed by atoms with E-state index in [0.717, 1.165) is 17.4 Å². The molecule has 0 aliphatic rings. The van der Waals surface area contributed by atoms with E-state index < -0.39 is 5.76 Å². The van der Waals surface area contributed by atoms with Gasteiger partial charge in [-0.2, -0.15) is 0 Å². The van der Waals surface area contributed by atoms with Gasteiger partial charge in [-0.05, 0) is 24.1 Å². The van der Waals surface area contributed by atoms with Crippen molar-refractivity contribution in [2.75, 3.05) is 11.9 Å². The van der Waals surface area contributed by atoms with Crippen LogP contribution in [0.2, 0.25) is 0 Å². The van der Waals surface area contributed by atoms with E-state index in [-0.39, 0.29) is 5.89 Å². The summed E-state index contributed by atoms with van der Waals surface area (Å²) in [4.78, 5) is 19.2. The number of nitrogens with one attached hydrogen (secondary N) is 2. The molecule has 8 heteroatoms. The van der Waals surface area contributed by atoms with Crippen molar-refractivity contribution in [3.05, 3.63) is 57.2 Å². The van der Waals surface area contributed by atoms with Crippen molar-refractivity contribution in [2.45, 2.75) is 6.42 Å². The van der Waals surface area contributed by atoms with Gasteiger partial charge in [0.1, 0.15) is 0 Å². The van der Waals surface area contributed by atoms with Crippen LogP contribution in [0.4, 0.5) is 5.95 Å². The van der Waals surface area contributed by atoms with E-state index in [2.05, 4.69) is 53.5 Å². The summed E-state index contributed by atoms with van der Waals surface area (Å²) in [5.74, 6) is 0.0804. The van der Waals surface area contributed by atoms with Crippen LogP contribution in [0.25, 0.3) is 11.5 Å². The van der Waals surface area contributed by atoms with Gasteiger partial charge in [-0.15, -0.1) is 5.10 Å². The van der Waals surface area contributed by atoms with Gasteiger partial charge < -0.3 is 9.73 Å². The molecule has 3 rings (SSSR count). The van der Waals surface area contributed by atoms with Crippen molar-refractivity contribution in [3.8, 4) is 11.5 Å². The molecule has 0 aliphatic heterocycles. The molecule has 112 valence electrons. The van der Waals surface area contributed by atoms with Crippen LogP contribution in [0.1, 0.15) is 5.56 Å². The second-order valence-electron chi connectivity index (χ2n) is 4.52. The molecule has 0 saturated heterocycles. The number of hydrogen-bond donors (Lipinski definition) is 2. The normalized spacial score (nSPS) is 10.6. The van der Waals surface area contributed by atoms with Crippen LogP contribution in [-0.2, 0) is 6.42 Å². The topological polar surface area (TPSA) is 96.7 Å². The third kappa shape index (κ3) is 3.59. The molecule has 2 aromatic heterocycles. The molecule has 3 aromatic rings. The number of H-pyrrole nitrogens is 1. The molecule has 0 unspecified atom stereocenters. The lowest BCUT2D eigenvalue weighted by Gasteiger charge is -2.05. The summed E-state index contributed by atoms with van der Waals surface area (Å²) in [5.41, 5.74) is 1.77. The van der Waals surface area contributed by atoms with Gasteiger partial charge in [0.05, 0.1) is 5.56 Å². The van der Waals surface area contributed by atoms with Gasteiger partial charge in [0.2, 0.25) is 5.95 Å². The summed E-state index contributed by atoms with van der Waals surface area (Å²) < 4.78 is 5.89. The average Bonchev–Trinajstić information content (AvgIpc) is 2.97. The first-order chi connectivity index (χ1) is 10.7. The van der Waals surface area contributed by atoms with E-state index in [1.54, 1.807) is 12.4 Å². The Morgan fingerprint density at radius 2 is 1.91 bits per heavy atom. The van der Waals surface area contributed by atoms with Crippen molar-refractivity contribution in [2.24, 2.45) is 0 Å². The largest absolute Gasteiger partial charge is 0.434 e. The highest BCUT2D eigenvalue weighted by Crippen LogP contribution is 2.13. The molecule has 0 amide bonds. The van der Waals surface area contributed by atoms with E-state index in [1.807, 2.05) is 12.1 Å². The summed E-state index contributed by atoms with van der Waals surface area (Å²) in [6, 6.07) is 8.15. The first-order valence-electron chi connectivity index (χ1n) is 6.57. The molecule has 0 fully saturated rings. The SMILES string of the molecule is O=c1[nH]nc(-c2cnc(NCCc3ccc(Br)cc3)nc2)o1. The van der Waals surface area contributed by atoms with Gasteiger partial charge in [-0.25, -0.2) is 19.9 Å². The van der Waals surface area contributed by atoms with Crippen molar-refractivity contribution >= 4 is 21.9 Å². The first kappa shape index (κ1) is 14.5. The molecule has 22 heavy (non-hydrogen) atoms. The molecule has 1 aromatic carbocycles. The Kier molecular flexibility index (Phi) is 4.29. The number of rotatable bonds is 5. The highest BCUT2D eigenvalue weighted by atomic mass is 79.9. The fraction of sp³-hybridized carbons (Fsp3) is 0.143. The van der Waals surface area contributed by atoms with E-state index in [4.69, 9.17) is 4.42 Å². The summed E-state index contributed by atoms with van der Waals surface area (Å²) in [7, 11) is 0. The van der Waals surface area contributed by atoms with E-state index >= 15 is 0 Å². The zero-order valence-electron chi connectivity index (χ0n) is 11.4. The number of hydrogen-bond acceptors (Lipinski definition) is 6. The molecular formula is C14H12BrN5O2. The summed E-state index contributed by atoms with van der Waals surface area (Å²) in [6.07, 6.45) is 3.97. The average molecular weight is 362 g/mol.